The summed E-state index contributed by atoms with van der Waals surface area (Å²) in [5, 5.41) is 1.65. The van der Waals surface area contributed by atoms with Crippen LogP contribution in [0.15, 0.2) is 58.7 Å². The van der Waals surface area contributed by atoms with Crippen LogP contribution in [0.5, 0.6) is 0 Å². The number of aryl methyl sites for hydroxylation is 3. The van der Waals surface area contributed by atoms with Crippen molar-refractivity contribution in [2.45, 2.75) is 50.1 Å². The average Bonchev–Trinajstić information content (AvgIpc) is 3.14. The summed E-state index contributed by atoms with van der Waals surface area (Å²) in [6, 6.07) is 12.4. The zero-order valence-corrected chi connectivity index (χ0v) is 18.6. The van der Waals surface area contributed by atoms with E-state index >= 15 is 0 Å². The number of rotatable bonds is 5. The van der Waals surface area contributed by atoms with Crippen molar-refractivity contribution in [3.63, 3.8) is 0 Å². The van der Waals surface area contributed by atoms with Gasteiger partial charge in [0.05, 0.1) is 11.9 Å². The molecule has 3 aromatic heterocycles. The molecular formula is C24H23N3OS2. The third kappa shape index (κ3) is 3.82. The zero-order chi connectivity index (χ0) is 20.5. The van der Waals surface area contributed by atoms with E-state index in [2.05, 4.69) is 36.2 Å². The molecule has 152 valence electrons. The van der Waals surface area contributed by atoms with Crippen molar-refractivity contribution >= 4 is 33.3 Å². The van der Waals surface area contributed by atoms with Gasteiger partial charge in [-0.2, -0.15) is 0 Å². The molecule has 30 heavy (non-hydrogen) atoms. The molecule has 4 aromatic rings. The third-order valence-electron chi connectivity index (χ3n) is 5.58. The second kappa shape index (κ2) is 8.36. The Kier molecular flexibility index (Phi) is 5.44. The summed E-state index contributed by atoms with van der Waals surface area (Å²) in [4.78, 5) is 25.0. The highest BCUT2D eigenvalue weighted by Crippen LogP contribution is 2.35. The predicted molar refractivity (Wildman–Crippen MR) is 125 cm³/mol. The Labute approximate surface area is 184 Å². The number of benzene rings is 1. The summed E-state index contributed by atoms with van der Waals surface area (Å²) in [7, 11) is 0. The molecule has 5 rings (SSSR count). The van der Waals surface area contributed by atoms with Crippen LogP contribution in [0.25, 0.3) is 10.2 Å². The third-order valence-corrected chi connectivity index (χ3v) is 7.81. The molecule has 0 amide bonds. The molecule has 1 aliphatic carbocycles. The molecule has 0 fully saturated rings. The highest BCUT2D eigenvalue weighted by molar-refractivity contribution is 7.98. The van der Waals surface area contributed by atoms with Gasteiger partial charge in [0.1, 0.15) is 4.83 Å². The van der Waals surface area contributed by atoms with Gasteiger partial charge in [-0.15, -0.1) is 11.3 Å². The number of hydrogen-bond acceptors (Lipinski definition) is 5. The van der Waals surface area contributed by atoms with E-state index in [1.807, 2.05) is 16.7 Å². The second-order valence-corrected chi connectivity index (χ2v) is 9.84. The Bertz CT molecular complexity index is 1260. The summed E-state index contributed by atoms with van der Waals surface area (Å²) in [5.41, 5.74) is 4.90. The van der Waals surface area contributed by atoms with E-state index in [9.17, 15) is 4.79 Å². The molecule has 0 aliphatic heterocycles. The fraction of sp³-hybridized carbons (Fsp3) is 0.292. The molecule has 0 radical (unpaired) electrons. The lowest BCUT2D eigenvalue weighted by Crippen LogP contribution is -2.24. The normalized spacial score (nSPS) is 13.5. The minimum absolute atomic E-state index is 0.1000. The molecule has 0 unspecified atom stereocenters. The lowest BCUT2D eigenvalue weighted by atomic mass is 9.97. The molecule has 0 atom stereocenters. The Balaban J connectivity index is 1.59. The van der Waals surface area contributed by atoms with E-state index in [1.165, 1.54) is 28.0 Å². The first-order chi connectivity index (χ1) is 14.7. The molecule has 0 saturated heterocycles. The van der Waals surface area contributed by atoms with Crippen LogP contribution in [-0.2, 0) is 25.1 Å². The largest absolute Gasteiger partial charge is 0.283 e. The van der Waals surface area contributed by atoms with E-state index in [-0.39, 0.29) is 5.56 Å². The van der Waals surface area contributed by atoms with Crippen LogP contribution in [0, 0.1) is 6.92 Å². The molecule has 0 N–H and O–H groups in total. The van der Waals surface area contributed by atoms with Gasteiger partial charge in [0, 0.05) is 23.0 Å². The highest BCUT2D eigenvalue weighted by Gasteiger charge is 2.22. The minimum Gasteiger partial charge on any atom is -0.283 e. The summed E-state index contributed by atoms with van der Waals surface area (Å²) >= 11 is 3.37. The van der Waals surface area contributed by atoms with Gasteiger partial charge in [0.2, 0.25) is 0 Å². The van der Waals surface area contributed by atoms with Gasteiger partial charge in [-0.3, -0.25) is 14.3 Å². The highest BCUT2D eigenvalue weighted by atomic mass is 32.2. The van der Waals surface area contributed by atoms with E-state index < -0.39 is 0 Å². The van der Waals surface area contributed by atoms with Gasteiger partial charge >= 0.3 is 0 Å². The Morgan fingerprint density at radius 2 is 1.93 bits per heavy atom. The monoisotopic (exact) mass is 433 g/mol. The molecule has 0 saturated carbocycles. The molecule has 0 bridgehead atoms. The van der Waals surface area contributed by atoms with Crippen molar-refractivity contribution in [3.8, 4) is 0 Å². The minimum atomic E-state index is 0.1000. The predicted octanol–water partition coefficient (Wildman–Crippen LogP) is 5.38. The molecule has 4 nitrogen and oxygen atoms in total. The van der Waals surface area contributed by atoms with Crippen LogP contribution in [0.1, 0.15) is 40.0 Å². The quantitative estimate of drug-likeness (QED) is 0.313. The molecule has 1 aromatic carbocycles. The average molecular weight is 434 g/mol. The fourth-order valence-corrected chi connectivity index (χ4v) is 6.33. The van der Waals surface area contributed by atoms with Gasteiger partial charge in [0.15, 0.2) is 5.16 Å². The molecular weight excluding hydrogens is 410 g/mol. The van der Waals surface area contributed by atoms with Crippen LogP contribution >= 0.6 is 23.1 Å². The van der Waals surface area contributed by atoms with Gasteiger partial charge in [0.25, 0.3) is 5.56 Å². The number of nitrogens with zero attached hydrogens (tertiary/aromatic N) is 3. The van der Waals surface area contributed by atoms with Gasteiger partial charge in [-0.05, 0) is 61.4 Å². The van der Waals surface area contributed by atoms with E-state index in [4.69, 9.17) is 4.98 Å². The van der Waals surface area contributed by atoms with E-state index in [1.54, 1.807) is 35.5 Å². The first-order valence-electron chi connectivity index (χ1n) is 10.3. The summed E-state index contributed by atoms with van der Waals surface area (Å²) in [5.74, 6) is 0.793. The summed E-state index contributed by atoms with van der Waals surface area (Å²) in [6.45, 7) is 2.62. The molecule has 6 heteroatoms. The lowest BCUT2D eigenvalue weighted by molar-refractivity contribution is 0.655. The van der Waals surface area contributed by atoms with Crippen LogP contribution in [0.3, 0.4) is 0 Å². The Hall–Kier alpha value is -2.44. The van der Waals surface area contributed by atoms with Gasteiger partial charge in [-0.1, -0.05) is 41.6 Å². The smallest absolute Gasteiger partial charge is 0.263 e. The van der Waals surface area contributed by atoms with E-state index in [0.717, 1.165) is 46.0 Å². The number of thioether (sulfide) groups is 1. The second-order valence-electron chi connectivity index (χ2n) is 7.81. The summed E-state index contributed by atoms with van der Waals surface area (Å²) < 4.78 is 1.86. The maximum absolute atomic E-state index is 13.7. The maximum atomic E-state index is 13.7. The first kappa shape index (κ1) is 19.5. The number of fused-ring (bicyclic) bond motifs is 3. The summed E-state index contributed by atoms with van der Waals surface area (Å²) in [6.07, 6.45) is 7.99. The zero-order valence-electron chi connectivity index (χ0n) is 16.9. The van der Waals surface area contributed by atoms with Crippen molar-refractivity contribution in [1.29, 1.82) is 0 Å². The van der Waals surface area contributed by atoms with Crippen molar-refractivity contribution in [2.24, 2.45) is 0 Å². The topological polar surface area (TPSA) is 47.8 Å². The van der Waals surface area contributed by atoms with Crippen molar-refractivity contribution in [1.82, 2.24) is 14.5 Å². The SMILES string of the molecule is Cc1cccc(CSc2nc3sc4c(c3c(=O)n2Cc2ccncc2)CCCC4)c1. The van der Waals surface area contributed by atoms with E-state index in [0.29, 0.717) is 6.54 Å². The fourth-order valence-electron chi connectivity index (χ4n) is 4.09. The van der Waals surface area contributed by atoms with Crippen LogP contribution < -0.4 is 5.56 Å². The number of hydrogen-bond donors (Lipinski definition) is 0. The standard InChI is InChI=1S/C24H23N3OS2/c1-16-5-4-6-18(13-16)15-29-24-26-22-21(19-7-2-3-8-20(19)30-22)23(28)27(24)14-17-9-11-25-12-10-17/h4-6,9-13H,2-3,7-8,14-15H2,1H3. The Morgan fingerprint density at radius 3 is 2.77 bits per heavy atom. The molecule has 3 heterocycles. The maximum Gasteiger partial charge on any atom is 0.263 e. The van der Waals surface area contributed by atoms with Crippen LogP contribution in [0.4, 0.5) is 0 Å². The van der Waals surface area contributed by atoms with Crippen molar-refractivity contribution in [2.75, 3.05) is 0 Å². The van der Waals surface area contributed by atoms with Crippen molar-refractivity contribution < 1.29 is 0 Å². The molecule has 0 spiro atoms. The molecule has 1 aliphatic rings. The Morgan fingerprint density at radius 1 is 1.10 bits per heavy atom. The van der Waals surface area contributed by atoms with Crippen LogP contribution in [-0.4, -0.2) is 14.5 Å². The first-order valence-corrected chi connectivity index (χ1v) is 12.1. The van der Waals surface area contributed by atoms with Gasteiger partial charge < -0.3 is 0 Å². The van der Waals surface area contributed by atoms with Crippen molar-refractivity contribution in [3.05, 3.63) is 86.3 Å². The number of pyridine rings is 1. The van der Waals surface area contributed by atoms with Gasteiger partial charge in [-0.25, -0.2) is 4.98 Å². The number of thiophene rings is 1. The van der Waals surface area contributed by atoms with Crippen LogP contribution in [0.2, 0.25) is 0 Å². The lowest BCUT2D eigenvalue weighted by Gasteiger charge is -2.14. The number of aromatic nitrogens is 3.